The molecule has 0 amide bonds. The van der Waals surface area contributed by atoms with Crippen molar-refractivity contribution in [1.29, 1.82) is 0 Å². The lowest BCUT2D eigenvalue weighted by molar-refractivity contribution is -0.137. The molecule has 0 saturated heterocycles. The Labute approximate surface area is 160 Å². The molecule has 2 N–H and O–H groups in total. The molecule has 0 saturated carbocycles. The average Bonchev–Trinajstić information content (AvgIpc) is 2.65. The first-order valence-corrected chi connectivity index (χ1v) is 10.8. The first-order valence-electron chi connectivity index (χ1n) is 10.8. The van der Waals surface area contributed by atoms with Gasteiger partial charge < -0.3 is 10.4 Å². The normalized spacial score (nSPS) is 10.8. The van der Waals surface area contributed by atoms with Crippen LogP contribution in [0.4, 0.5) is 5.69 Å². The van der Waals surface area contributed by atoms with Crippen LogP contribution in [0.3, 0.4) is 0 Å². The molecule has 26 heavy (non-hydrogen) atoms. The van der Waals surface area contributed by atoms with Crippen LogP contribution in [0.1, 0.15) is 96.3 Å². The molecule has 0 aliphatic rings. The van der Waals surface area contributed by atoms with Gasteiger partial charge in [-0.1, -0.05) is 95.2 Å². The molecule has 0 aromatic heterocycles. The summed E-state index contributed by atoms with van der Waals surface area (Å²) in [5.74, 6) is -0.658. The number of carboxylic acid groups (broad SMARTS) is 1. The SMILES string of the molecule is O=C(O)CCCCCCCCCCCCCCCCNc1ccccc1. The van der Waals surface area contributed by atoms with Crippen molar-refractivity contribution >= 4 is 11.7 Å². The molecule has 0 unspecified atom stereocenters. The Bertz CT molecular complexity index is 433. The first-order chi connectivity index (χ1) is 12.8. The van der Waals surface area contributed by atoms with Gasteiger partial charge in [0.25, 0.3) is 0 Å². The molecule has 0 heterocycles. The van der Waals surface area contributed by atoms with Gasteiger partial charge in [-0.25, -0.2) is 0 Å². The van der Waals surface area contributed by atoms with E-state index in [1.165, 1.54) is 82.7 Å². The molecule has 148 valence electrons. The Balaban J connectivity index is 1.70. The molecule has 3 heteroatoms. The summed E-state index contributed by atoms with van der Waals surface area (Å²) in [4.78, 5) is 10.4. The van der Waals surface area contributed by atoms with E-state index in [1.54, 1.807) is 0 Å². The van der Waals surface area contributed by atoms with Crippen LogP contribution in [0.5, 0.6) is 0 Å². The predicted molar refractivity (Wildman–Crippen MR) is 112 cm³/mol. The van der Waals surface area contributed by atoms with E-state index >= 15 is 0 Å². The number of hydrogen-bond acceptors (Lipinski definition) is 2. The Morgan fingerprint density at radius 1 is 0.654 bits per heavy atom. The Hall–Kier alpha value is -1.51. The van der Waals surface area contributed by atoms with Gasteiger partial charge in [-0.15, -0.1) is 0 Å². The zero-order valence-corrected chi connectivity index (χ0v) is 16.6. The minimum absolute atomic E-state index is 0.337. The second-order valence-electron chi connectivity index (χ2n) is 7.39. The Morgan fingerprint density at radius 3 is 1.54 bits per heavy atom. The van der Waals surface area contributed by atoms with Crippen LogP contribution < -0.4 is 5.32 Å². The van der Waals surface area contributed by atoms with E-state index < -0.39 is 5.97 Å². The number of unbranched alkanes of at least 4 members (excludes halogenated alkanes) is 13. The van der Waals surface area contributed by atoms with E-state index in [0.29, 0.717) is 6.42 Å². The van der Waals surface area contributed by atoms with Crippen LogP contribution in [-0.2, 0) is 4.79 Å². The lowest BCUT2D eigenvalue weighted by atomic mass is 10.0. The molecule has 0 spiro atoms. The van der Waals surface area contributed by atoms with Gasteiger partial charge in [0.15, 0.2) is 0 Å². The maximum absolute atomic E-state index is 10.4. The molecule has 0 aliphatic heterocycles. The molecule has 1 aromatic carbocycles. The summed E-state index contributed by atoms with van der Waals surface area (Å²) in [6, 6.07) is 10.4. The molecule has 0 aliphatic carbocycles. The number of carbonyl (C=O) groups is 1. The third-order valence-corrected chi connectivity index (χ3v) is 4.92. The van der Waals surface area contributed by atoms with Crippen molar-refractivity contribution in [3.63, 3.8) is 0 Å². The van der Waals surface area contributed by atoms with E-state index in [1.807, 2.05) is 0 Å². The predicted octanol–water partition coefficient (Wildman–Crippen LogP) is 7.03. The fourth-order valence-electron chi connectivity index (χ4n) is 3.31. The summed E-state index contributed by atoms with van der Waals surface area (Å²) in [5, 5.41) is 12.0. The van der Waals surface area contributed by atoms with Crippen LogP contribution in [0.15, 0.2) is 30.3 Å². The van der Waals surface area contributed by atoms with Crippen molar-refractivity contribution in [3.8, 4) is 0 Å². The number of rotatable bonds is 18. The highest BCUT2D eigenvalue weighted by atomic mass is 16.4. The fourth-order valence-corrected chi connectivity index (χ4v) is 3.31. The van der Waals surface area contributed by atoms with E-state index in [2.05, 4.69) is 35.6 Å². The number of benzene rings is 1. The van der Waals surface area contributed by atoms with Gasteiger partial charge in [-0.3, -0.25) is 4.79 Å². The van der Waals surface area contributed by atoms with Gasteiger partial charge in [0, 0.05) is 18.7 Å². The summed E-state index contributed by atoms with van der Waals surface area (Å²) in [7, 11) is 0. The smallest absolute Gasteiger partial charge is 0.303 e. The number of carboxylic acids is 1. The quantitative estimate of drug-likeness (QED) is 0.276. The highest BCUT2D eigenvalue weighted by molar-refractivity contribution is 5.66. The largest absolute Gasteiger partial charge is 0.481 e. The van der Waals surface area contributed by atoms with Crippen molar-refractivity contribution in [2.24, 2.45) is 0 Å². The lowest BCUT2D eigenvalue weighted by Crippen LogP contribution is -2.00. The highest BCUT2D eigenvalue weighted by Crippen LogP contribution is 2.13. The minimum atomic E-state index is -0.658. The second kappa shape index (κ2) is 16.9. The monoisotopic (exact) mass is 361 g/mol. The highest BCUT2D eigenvalue weighted by Gasteiger charge is 1.97. The van der Waals surface area contributed by atoms with Gasteiger partial charge in [0.2, 0.25) is 0 Å². The van der Waals surface area contributed by atoms with Gasteiger partial charge in [-0.05, 0) is 25.0 Å². The summed E-state index contributed by atoms with van der Waals surface area (Å²) in [6.45, 7) is 1.08. The molecular weight excluding hydrogens is 322 g/mol. The topological polar surface area (TPSA) is 49.3 Å². The molecule has 0 bridgehead atoms. The zero-order valence-electron chi connectivity index (χ0n) is 16.6. The maximum Gasteiger partial charge on any atom is 0.303 e. The molecule has 0 fully saturated rings. The molecular formula is C23H39NO2. The van der Waals surface area contributed by atoms with Crippen molar-refractivity contribution in [2.75, 3.05) is 11.9 Å². The summed E-state index contributed by atoms with van der Waals surface area (Å²) < 4.78 is 0. The standard InChI is InChI=1S/C23H39NO2/c25-23(26)20-16-11-9-7-5-3-1-2-4-6-8-10-12-17-21-24-22-18-14-13-15-19-22/h13-15,18-19,24H,1-12,16-17,20-21H2,(H,25,26). The third kappa shape index (κ3) is 14.8. The molecule has 1 rings (SSSR count). The summed E-state index contributed by atoms with van der Waals surface area (Å²) >= 11 is 0. The number of hydrogen-bond donors (Lipinski definition) is 2. The number of aliphatic carboxylic acids is 1. The van der Waals surface area contributed by atoms with Gasteiger partial charge in [0.1, 0.15) is 0 Å². The minimum Gasteiger partial charge on any atom is -0.481 e. The third-order valence-electron chi connectivity index (χ3n) is 4.92. The molecule has 1 aromatic rings. The second-order valence-corrected chi connectivity index (χ2v) is 7.39. The summed E-state index contributed by atoms with van der Waals surface area (Å²) in [5.41, 5.74) is 1.23. The van der Waals surface area contributed by atoms with E-state index in [0.717, 1.165) is 19.4 Å². The zero-order chi connectivity index (χ0) is 18.7. The molecule has 3 nitrogen and oxygen atoms in total. The van der Waals surface area contributed by atoms with Crippen molar-refractivity contribution in [2.45, 2.75) is 96.3 Å². The van der Waals surface area contributed by atoms with E-state index in [9.17, 15) is 4.79 Å². The lowest BCUT2D eigenvalue weighted by Gasteiger charge is -2.06. The number of nitrogens with one attached hydrogen (secondary N) is 1. The van der Waals surface area contributed by atoms with E-state index in [4.69, 9.17) is 5.11 Å². The van der Waals surface area contributed by atoms with Gasteiger partial charge >= 0.3 is 5.97 Å². The fraction of sp³-hybridized carbons (Fsp3) is 0.696. The number of anilines is 1. The average molecular weight is 362 g/mol. The Kier molecular flexibility index (Phi) is 14.7. The Morgan fingerprint density at radius 2 is 1.08 bits per heavy atom. The first kappa shape index (κ1) is 22.5. The van der Waals surface area contributed by atoms with Gasteiger partial charge in [-0.2, -0.15) is 0 Å². The molecule has 0 atom stereocenters. The van der Waals surface area contributed by atoms with E-state index in [-0.39, 0.29) is 0 Å². The van der Waals surface area contributed by atoms with Crippen LogP contribution >= 0.6 is 0 Å². The van der Waals surface area contributed by atoms with Crippen LogP contribution in [-0.4, -0.2) is 17.6 Å². The van der Waals surface area contributed by atoms with Crippen molar-refractivity contribution in [3.05, 3.63) is 30.3 Å². The van der Waals surface area contributed by atoms with Crippen molar-refractivity contribution < 1.29 is 9.90 Å². The summed E-state index contributed by atoms with van der Waals surface area (Å²) in [6.07, 6.45) is 18.3. The van der Waals surface area contributed by atoms with Crippen LogP contribution in [0.25, 0.3) is 0 Å². The van der Waals surface area contributed by atoms with Crippen LogP contribution in [0.2, 0.25) is 0 Å². The number of para-hydroxylation sites is 1. The van der Waals surface area contributed by atoms with Crippen molar-refractivity contribution in [1.82, 2.24) is 0 Å². The molecule has 0 radical (unpaired) electrons. The van der Waals surface area contributed by atoms with Crippen LogP contribution in [0, 0.1) is 0 Å². The maximum atomic E-state index is 10.4. The van der Waals surface area contributed by atoms with Gasteiger partial charge in [0.05, 0.1) is 0 Å².